The minimum absolute atomic E-state index is 0.0886. The number of carbonyl (C=O) groups excluding carboxylic acids is 2. The van der Waals surface area contributed by atoms with Crippen molar-refractivity contribution < 1.29 is 19.1 Å². The van der Waals surface area contributed by atoms with Crippen molar-refractivity contribution in [2.45, 2.75) is 51.1 Å². The molecule has 8 heteroatoms. The van der Waals surface area contributed by atoms with Crippen LogP contribution < -0.4 is 19.9 Å². The second kappa shape index (κ2) is 9.06. The van der Waals surface area contributed by atoms with E-state index >= 15 is 0 Å². The predicted molar refractivity (Wildman–Crippen MR) is 124 cm³/mol. The van der Waals surface area contributed by atoms with E-state index in [0.717, 1.165) is 24.3 Å². The van der Waals surface area contributed by atoms with E-state index < -0.39 is 5.97 Å². The number of fused-ring (bicyclic) bond motifs is 1. The Morgan fingerprint density at radius 2 is 1.88 bits per heavy atom. The zero-order valence-corrected chi connectivity index (χ0v) is 19.1. The third-order valence-electron chi connectivity index (χ3n) is 6.42. The van der Waals surface area contributed by atoms with Gasteiger partial charge in [0.05, 0.1) is 31.2 Å². The summed E-state index contributed by atoms with van der Waals surface area (Å²) in [6.07, 6.45) is 5.74. The summed E-state index contributed by atoms with van der Waals surface area (Å²) in [7, 11) is 4.70. The lowest BCUT2D eigenvalue weighted by Crippen LogP contribution is -2.55. The average molecular weight is 439 g/mol. The molecule has 1 aliphatic carbocycles. The molecule has 2 heterocycles. The van der Waals surface area contributed by atoms with Crippen molar-refractivity contribution >= 4 is 34.9 Å². The van der Waals surface area contributed by atoms with Crippen LogP contribution in [-0.2, 0) is 9.53 Å². The average Bonchev–Trinajstić information content (AvgIpc) is 2.83. The topological polar surface area (TPSA) is 84.0 Å². The molecule has 8 nitrogen and oxygen atoms in total. The summed E-state index contributed by atoms with van der Waals surface area (Å²) in [6.45, 7) is 1.97. The van der Waals surface area contributed by atoms with E-state index in [1.54, 1.807) is 37.3 Å². The molecule has 0 spiro atoms. The van der Waals surface area contributed by atoms with Crippen LogP contribution in [0.1, 0.15) is 49.4 Å². The van der Waals surface area contributed by atoms with Gasteiger partial charge in [-0.3, -0.25) is 4.79 Å². The third-order valence-corrected chi connectivity index (χ3v) is 6.42. The molecule has 4 rings (SSSR count). The fourth-order valence-corrected chi connectivity index (χ4v) is 4.69. The van der Waals surface area contributed by atoms with Crippen molar-refractivity contribution in [1.82, 2.24) is 4.98 Å². The maximum Gasteiger partial charge on any atom is 0.337 e. The Bertz CT molecular complexity index is 1020. The predicted octanol–water partition coefficient (Wildman–Crippen LogP) is 4.12. The molecule has 1 aromatic heterocycles. The first-order valence-electron chi connectivity index (χ1n) is 11.0. The zero-order valence-electron chi connectivity index (χ0n) is 19.1. The van der Waals surface area contributed by atoms with Crippen LogP contribution >= 0.6 is 0 Å². The van der Waals surface area contributed by atoms with Crippen LogP contribution in [0.3, 0.4) is 0 Å². The molecule has 1 amide bonds. The van der Waals surface area contributed by atoms with Gasteiger partial charge >= 0.3 is 5.97 Å². The van der Waals surface area contributed by atoms with Crippen LogP contribution in [-0.4, -0.2) is 50.2 Å². The first kappa shape index (κ1) is 21.9. The molecule has 1 aliphatic heterocycles. The normalized spacial score (nSPS) is 18.9. The van der Waals surface area contributed by atoms with Gasteiger partial charge in [-0.2, -0.15) is 0 Å². The second-order valence-electron chi connectivity index (χ2n) is 8.34. The number of ether oxygens (including phenoxy) is 2. The smallest absolute Gasteiger partial charge is 0.337 e. The van der Waals surface area contributed by atoms with Gasteiger partial charge in [0, 0.05) is 13.1 Å². The molecule has 170 valence electrons. The molecule has 1 N–H and O–H groups in total. The van der Waals surface area contributed by atoms with Crippen LogP contribution in [0.15, 0.2) is 30.3 Å². The number of amides is 1. The number of nitrogens with zero attached hydrogens (tertiary/aromatic N) is 3. The van der Waals surface area contributed by atoms with Gasteiger partial charge in [-0.15, -0.1) is 0 Å². The Morgan fingerprint density at radius 1 is 1.12 bits per heavy atom. The number of esters is 1. The highest BCUT2D eigenvalue weighted by Gasteiger charge is 2.38. The summed E-state index contributed by atoms with van der Waals surface area (Å²) < 4.78 is 10.3. The summed E-state index contributed by atoms with van der Waals surface area (Å²) in [4.78, 5) is 33.6. The quantitative estimate of drug-likeness (QED) is 0.703. The lowest BCUT2D eigenvalue weighted by molar-refractivity contribution is -0.119. The summed E-state index contributed by atoms with van der Waals surface area (Å²) in [5.74, 6) is 1.64. The van der Waals surface area contributed by atoms with Gasteiger partial charge in [0.2, 0.25) is 5.91 Å². The van der Waals surface area contributed by atoms with E-state index in [4.69, 9.17) is 14.5 Å². The molecule has 1 atom stereocenters. The maximum atomic E-state index is 12.9. The Morgan fingerprint density at radius 3 is 2.56 bits per heavy atom. The molecule has 0 radical (unpaired) electrons. The van der Waals surface area contributed by atoms with Gasteiger partial charge in [0.25, 0.3) is 0 Å². The van der Waals surface area contributed by atoms with Crippen molar-refractivity contribution in [3.8, 4) is 5.75 Å². The van der Waals surface area contributed by atoms with E-state index in [-0.39, 0.29) is 11.9 Å². The molecule has 2 aliphatic rings. The largest absolute Gasteiger partial charge is 0.495 e. The number of aromatic nitrogens is 1. The number of hydrogen-bond donors (Lipinski definition) is 1. The Balaban J connectivity index is 1.69. The SMILES string of the molecule is COC(=O)c1ccc(Nc2ccc3c(n2)N(C2CCCCC2)[C@H](C)C(=O)N3C)c(OC)c1. The Labute approximate surface area is 188 Å². The van der Waals surface area contributed by atoms with E-state index in [9.17, 15) is 9.59 Å². The fourth-order valence-electron chi connectivity index (χ4n) is 4.69. The number of anilines is 4. The van der Waals surface area contributed by atoms with Gasteiger partial charge in [0.15, 0.2) is 5.82 Å². The second-order valence-corrected chi connectivity index (χ2v) is 8.34. The van der Waals surface area contributed by atoms with Gasteiger partial charge in [-0.25, -0.2) is 9.78 Å². The van der Waals surface area contributed by atoms with Gasteiger partial charge in [-0.1, -0.05) is 19.3 Å². The zero-order chi connectivity index (χ0) is 22.8. The molecular weight excluding hydrogens is 408 g/mol. The van der Waals surface area contributed by atoms with Crippen molar-refractivity contribution in [2.24, 2.45) is 0 Å². The number of carbonyl (C=O) groups is 2. The molecule has 1 fully saturated rings. The van der Waals surface area contributed by atoms with E-state index in [2.05, 4.69) is 10.2 Å². The lowest BCUT2D eigenvalue weighted by atomic mass is 9.92. The first-order valence-corrected chi connectivity index (χ1v) is 11.0. The van der Waals surface area contributed by atoms with Crippen molar-refractivity contribution in [2.75, 3.05) is 36.4 Å². The Kier molecular flexibility index (Phi) is 6.21. The molecule has 2 aromatic rings. The Hall–Kier alpha value is -3.29. The van der Waals surface area contributed by atoms with E-state index in [1.807, 2.05) is 19.1 Å². The van der Waals surface area contributed by atoms with E-state index in [1.165, 1.54) is 26.4 Å². The number of pyridine rings is 1. The molecule has 1 aromatic carbocycles. The summed E-state index contributed by atoms with van der Waals surface area (Å²) in [5, 5.41) is 3.30. The molecule has 0 bridgehead atoms. The summed E-state index contributed by atoms with van der Waals surface area (Å²) in [5.41, 5.74) is 1.91. The molecular formula is C24H30N4O4. The van der Waals surface area contributed by atoms with Crippen LogP contribution in [0.5, 0.6) is 5.75 Å². The number of nitrogens with one attached hydrogen (secondary N) is 1. The number of rotatable bonds is 5. The van der Waals surface area contributed by atoms with Crippen molar-refractivity contribution in [1.29, 1.82) is 0 Å². The summed E-state index contributed by atoms with van der Waals surface area (Å²) >= 11 is 0. The molecule has 0 saturated heterocycles. The fraction of sp³-hybridized carbons (Fsp3) is 0.458. The van der Waals surface area contributed by atoms with E-state index in [0.29, 0.717) is 28.9 Å². The highest BCUT2D eigenvalue weighted by atomic mass is 16.5. The third kappa shape index (κ3) is 3.97. The number of likely N-dealkylation sites (N-methyl/N-ethyl adjacent to an activating group) is 1. The number of hydrogen-bond acceptors (Lipinski definition) is 7. The summed E-state index contributed by atoms with van der Waals surface area (Å²) in [6, 6.07) is 8.92. The standard InChI is InChI=1S/C24H30N4O4/c1-15-23(29)27(2)19-12-13-21(26-22(19)28(15)17-8-6-5-7-9-17)25-18-11-10-16(24(30)32-4)14-20(18)31-3/h10-15,17H,5-9H2,1-4H3,(H,25,26)/t15-/m1/s1. The molecule has 0 unspecified atom stereocenters. The van der Waals surface area contributed by atoms with Gasteiger partial charge < -0.3 is 24.6 Å². The van der Waals surface area contributed by atoms with Crippen LogP contribution in [0.2, 0.25) is 0 Å². The lowest BCUT2D eigenvalue weighted by Gasteiger charge is -2.44. The maximum absolute atomic E-state index is 12.9. The minimum Gasteiger partial charge on any atom is -0.495 e. The molecule has 32 heavy (non-hydrogen) atoms. The highest BCUT2D eigenvalue weighted by molar-refractivity contribution is 6.04. The number of methoxy groups -OCH3 is 2. The molecule has 1 saturated carbocycles. The van der Waals surface area contributed by atoms with Gasteiger partial charge in [0.1, 0.15) is 17.6 Å². The van der Waals surface area contributed by atoms with Crippen molar-refractivity contribution in [3.63, 3.8) is 0 Å². The van der Waals surface area contributed by atoms with Crippen molar-refractivity contribution in [3.05, 3.63) is 35.9 Å². The van der Waals surface area contributed by atoms with Crippen LogP contribution in [0.25, 0.3) is 0 Å². The monoisotopic (exact) mass is 438 g/mol. The highest BCUT2D eigenvalue weighted by Crippen LogP contribution is 2.40. The first-order chi connectivity index (χ1) is 15.4. The van der Waals surface area contributed by atoms with Crippen LogP contribution in [0, 0.1) is 0 Å². The van der Waals surface area contributed by atoms with Gasteiger partial charge in [-0.05, 0) is 50.1 Å². The minimum atomic E-state index is -0.424. The number of benzene rings is 1. The van der Waals surface area contributed by atoms with Crippen LogP contribution in [0.4, 0.5) is 23.0 Å².